The summed E-state index contributed by atoms with van der Waals surface area (Å²) in [6, 6.07) is 5.80. The Labute approximate surface area is 166 Å². The second-order valence-electron chi connectivity index (χ2n) is 7.79. The van der Waals surface area contributed by atoms with Gasteiger partial charge >= 0.3 is 0 Å². The van der Waals surface area contributed by atoms with Crippen molar-refractivity contribution in [2.24, 2.45) is 0 Å². The third-order valence-electron chi connectivity index (χ3n) is 5.71. The first-order chi connectivity index (χ1) is 13.5. The molecule has 1 atom stereocenters. The number of halogens is 1. The van der Waals surface area contributed by atoms with Crippen LogP contribution in [-0.4, -0.2) is 78.4 Å². The highest BCUT2D eigenvalue weighted by Crippen LogP contribution is 2.15. The quantitative estimate of drug-likeness (QED) is 0.837. The molecule has 2 fully saturated rings. The second-order valence-corrected chi connectivity index (χ2v) is 7.79. The zero-order chi connectivity index (χ0) is 19.9. The number of hydrogen-bond acceptors (Lipinski definition) is 4. The summed E-state index contributed by atoms with van der Waals surface area (Å²) in [4.78, 5) is 31.3. The lowest BCUT2D eigenvalue weighted by Gasteiger charge is -2.38. The van der Waals surface area contributed by atoms with Crippen molar-refractivity contribution in [1.29, 1.82) is 0 Å². The number of carbonyl (C=O) groups excluding carboxylic acids is 2. The number of carbonyl (C=O) groups is 2. The molecule has 2 saturated heterocycles. The third kappa shape index (κ3) is 5.75. The van der Waals surface area contributed by atoms with Crippen molar-refractivity contribution in [3.8, 4) is 0 Å². The number of piperazine rings is 1. The Kier molecular flexibility index (Phi) is 7.39. The van der Waals surface area contributed by atoms with Crippen molar-refractivity contribution in [2.75, 3.05) is 51.1 Å². The predicted molar refractivity (Wildman–Crippen MR) is 108 cm³/mol. The van der Waals surface area contributed by atoms with Gasteiger partial charge in [-0.1, -0.05) is 18.9 Å². The monoisotopic (exact) mass is 390 g/mol. The molecule has 0 aliphatic carbocycles. The van der Waals surface area contributed by atoms with Gasteiger partial charge in [-0.15, -0.1) is 0 Å². The lowest BCUT2D eigenvalue weighted by Crippen LogP contribution is -2.55. The summed E-state index contributed by atoms with van der Waals surface area (Å²) in [5.74, 6) is -0.276. The van der Waals surface area contributed by atoms with Gasteiger partial charge in [-0.2, -0.15) is 0 Å². The Morgan fingerprint density at radius 2 is 1.71 bits per heavy atom. The first kappa shape index (κ1) is 20.7. The van der Waals surface area contributed by atoms with Crippen molar-refractivity contribution in [3.63, 3.8) is 0 Å². The molecule has 6 nitrogen and oxygen atoms in total. The lowest BCUT2D eigenvalue weighted by molar-refractivity contribution is -0.137. The highest BCUT2D eigenvalue weighted by atomic mass is 19.1. The van der Waals surface area contributed by atoms with Gasteiger partial charge in [-0.25, -0.2) is 4.39 Å². The molecular formula is C21H31FN4O2. The third-order valence-corrected chi connectivity index (χ3v) is 5.71. The van der Waals surface area contributed by atoms with Gasteiger partial charge in [0.15, 0.2) is 0 Å². The SMILES string of the molecule is C[C@H](C(=O)N1CCCCCC1)N1CCN(CC(=O)Nc2cccc(F)c2)CC1. The Bertz CT molecular complexity index is 668. The van der Waals surface area contributed by atoms with Crippen molar-refractivity contribution in [3.05, 3.63) is 30.1 Å². The van der Waals surface area contributed by atoms with Crippen molar-refractivity contribution in [2.45, 2.75) is 38.6 Å². The molecule has 0 spiro atoms. The smallest absolute Gasteiger partial charge is 0.239 e. The fraction of sp³-hybridized carbons (Fsp3) is 0.619. The van der Waals surface area contributed by atoms with Gasteiger partial charge < -0.3 is 10.2 Å². The Morgan fingerprint density at radius 3 is 2.36 bits per heavy atom. The summed E-state index contributed by atoms with van der Waals surface area (Å²) in [5, 5.41) is 2.74. The molecule has 0 radical (unpaired) electrons. The van der Waals surface area contributed by atoms with Crippen LogP contribution in [-0.2, 0) is 9.59 Å². The Hall–Kier alpha value is -1.99. The average molecular weight is 391 g/mol. The number of nitrogens with one attached hydrogen (secondary N) is 1. The molecule has 1 aromatic rings. The van der Waals surface area contributed by atoms with E-state index in [2.05, 4.69) is 15.1 Å². The lowest BCUT2D eigenvalue weighted by atomic mass is 10.2. The van der Waals surface area contributed by atoms with Gasteiger partial charge in [0, 0.05) is 45.0 Å². The predicted octanol–water partition coefficient (Wildman–Crippen LogP) is 2.17. The van der Waals surface area contributed by atoms with Gasteiger partial charge in [0.2, 0.25) is 11.8 Å². The van der Waals surface area contributed by atoms with Crippen LogP contribution in [0.2, 0.25) is 0 Å². The van der Waals surface area contributed by atoms with Crippen LogP contribution in [0.1, 0.15) is 32.6 Å². The van der Waals surface area contributed by atoms with E-state index in [1.165, 1.54) is 25.0 Å². The van der Waals surface area contributed by atoms with Crippen LogP contribution in [0.25, 0.3) is 0 Å². The summed E-state index contributed by atoms with van der Waals surface area (Å²) in [6.45, 7) is 7.06. The minimum Gasteiger partial charge on any atom is -0.341 e. The molecule has 2 heterocycles. The molecule has 28 heavy (non-hydrogen) atoms. The van der Waals surface area contributed by atoms with Crippen LogP contribution >= 0.6 is 0 Å². The van der Waals surface area contributed by atoms with E-state index >= 15 is 0 Å². The molecule has 2 amide bonds. The highest BCUT2D eigenvalue weighted by Gasteiger charge is 2.29. The molecule has 0 saturated carbocycles. The molecule has 7 heteroatoms. The van der Waals surface area contributed by atoms with E-state index in [0.29, 0.717) is 5.69 Å². The van der Waals surface area contributed by atoms with E-state index in [9.17, 15) is 14.0 Å². The molecule has 2 aliphatic heterocycles. The van der Waals surface area contributed by atoms with Crippen LogP contribution in [0.4, 0.5) is 10.1 Å². The van der Waals surface area contributed by atoms with E-state index in [-0.39, 0.29) is 30.2 Å². The van der Waals surface area contributed by atoms with Gasteiger partial charge in [0.05, 0.1) is 12.6 Å². The summed E-state index contributed by atoms with van der Waals surface area (Å²) < 4.78 is 13.2. The fourth-order valence-electron chi connectivity index (χ4n) is 3.99. The maximum atomic E-state index is 13.2. The number of rotatable bonds is 5. The van der Waals surface area contributed by atoms with Gasteiger partial charge in [0.25, 0.3) is 0 Å². The van der Waals surface area contributed by atoms with Gasteiger partial charge in [0.1, 0.15) is 5.82 Å². The van der Waals surface area contributed by atoms with Gasteiger partial charge in [-0.3, -0.25) is 19.4 Å². The molecule has 2 aliphatic rings. The minimum absolute atomic E-state index is 0.110. The largest absolute Gasteiger partial charge is 0.341 e. The fourth-order valence-corrected chi connectivity index (χ4v) is 3.99. The van der Waals surface area contributed by atoms with E-state index in [1.54, 1.807) is 12.1 Å². The van der Waals surface area contributed by atoms with Crippen LogP contribution in [0, 0.1) is 5.82 Å². The summed E-state index contributed by atoms with van der Waals surface area (Å²) >= 11 is 0. The minimum atomic E-state index is -0.366. The van der Waals surface area contributed by atoms with Crippen molar-refractivity contribution in [1.82, 2.24) is 14.7 Å². The van der Waals surface area contributed by atoms with Crippen LogP contribution in [0.5, 0.6) is 0 Å². The molecule has 154 valence electrons. The number of benzene rings is 1. The number of nitrogens with zero attached hydrogens (tertiary/aromatic N) is 3. The maximum absolute atomic E-state index is 13.2. The first-order valence-electron chi connectivity index (χ1n) is 10.3. The number of amides is 2. The maximum Gasteiger partial charge on any atom is 0.239 e. The van der Waals surface area contributed by atoms with E-state index in [1.807, 2.05) is 11.8 Å². The molecule has 1 N–H and O–H groups in total. The summed E-state index contributed by atoms with van der Waals surface area (Å²) in [7, 11) is 0. The topological polar surface area (TPSA) is 55.9 Å². The van der Waals surface area contributed by atoms with Crippen LogP contribution < -0.4 is 5.32 Å². The zero-order valence-electron chi connectivity index (χ0n) is 16.7. The second kappa shape index (κ2) is 9.98. The van der Waals surface area contributed by atoms with Gasteiger partial charge in [-0.05, 0) is 38.0 Å². The van der Waals surface area contributed by atoms with E-state index < -0.39 is 0 Å². The van der Waals surface area contributed by atoms with Crippen LogP contribution in [0.3, 0.4) is 0 Å². The molecule has 3 rings (SSSR count). The molecular weight excluding hydrogens is 359 g/mol. The number of hydrogen-bond donors (Lipinski definition) is 1. The normalized spacial score (nSPS) is 20.4. The number of likely N-dealkylation sites (tertiary alicyclic amines) is 1. The summed E-state index contributed by atoms with van der Waals surface area (Å²) in [6.07, 6.45) is 4.64. The van der Waals surface area contributed by atoms with E-state index in [4.69, 9.17) is 0 Å². The molecule has 1 aromatic carbocycles. The molecule has 0 unspecified atom stereocenters. The average Bonchev–Trinajstić information content (AvgIpc) is 2.97. The highest BCUT2D eigenvalue weighted by molar-refractivity contribution is 5.92. The zero-order valence-corrected chi connectivity index (χ0v) is 16.7. The standard InChI is InChI=1S/C21H31FN4O2/c1-17(21(28)26-9-4-2-3-5-10-26)25-13-11-24(12-14-25)16-20(27)23-19-8-6-7-18(22)15-19/h6-8,15,17H,2-5,9-14,16H2,1H3,(H,23,27)/t17-/m1/s1. The van der Waals surface area contributed by atoms with Crippen LogP contribution in [0.15, 0.2) is 24.3 Å². The van der Waals surface area contributed by atoms with Crippen molar-refractivity contribution >= 4 is 17.5 Å². The first-order valence-corrected chi connectivity index (χ1v) is 10.3. The Balaban J connectivity index is 1.43. The Morgan fingerprint density at radius 1 is 1.04 bits per heavy atom. The molecule has 0 bridgehead atoms. The van der Waals surface area contributed by atoms with E-state index in [0.717, 1.165) is 52.1 Å². The number of anilines is 1. The summed E-state index contributed by atoms with van der Waals surface area (Å²) in [5.41, 5.74) is 0.473. The molecule has 0 aromatic heterocycles. The van der Waals surface area contributed by atoms with Crippen molar-refractivity contribution < 1.29 is 14.0 Å².